The Hall–Kier alpha value is -1.87. The molecule has 0 aliphatic carbocycles. The number of anilines is 1. The maximum Gasteiger partial charge on any atom is 0.225 e. The summed E-state index contributed by atoms with van der Waals surface area (Å²) in [5.41, 5.74) is 0.363. The number of ether oxygens (including phenoxy) is 1. The zero-order valence-corrected chi connectivity index (χ0v) is 17.7. The van der Waals surface area contributed by atoms with Crippen LogP contribution in [-0.4, -0.2) is 57.7 Å². The lowest BCUT2D eigenvalue weighted by Gasteiger charge is -2.17. The quantitative estimate of drug-likeness (QED) is 0.363. The summed E-state index contributed by atoms with van der Waals surface area (Å²) in [5.74, 6) is 1.68. The van der Waals surface area contributed by atoms with Crippen molar-refractivity contribution in [2.45, 2.75) is 46.3 Å². The molecule has 9 heteroatoms. The fourth-order valence-corrected chi connectivity index (χ4v) is 2.92. The lowest BCUT2D eigenvalue weighted by atomic mass is 9.96. The van der Waals surface area contributed by atoms with E-state index < -0.39 is 5.41 Å². The highest BCUT2D eigenvalue weighted by Gasteiger charge is 2.20. The van der Waals surface area contributed by atoms with Gasteiger partial charge < -0.3 is 15.4 Å². The summed E-state index contributed by atoms with van der Waals surface area (Å²) in [6, 6.07) is 0. The number of carbonyl (C=O) groups excluding carboxylic acids is 1. The summed E-state index contributed by atoms with van der Waals surface area (Å²) in [4.78, 5) is 21.3. The Balaban J connectivity index is 2.15. The van der Waals surface area contributed by atoms with Crippen molar-refractivity contribution < 1.29 is 9.53 Å². The molecule has 27 heavy (non-hydrogen) atoms. The van der Waals surface area contributed by atoms with Crippen LogP contribution < -0.4 is 10.6 Å². The van der Waals surface area contributed by atoms with E-state index in [1.54, 1.807) is 18.0 Å². The molecule has 2 aromatic rings. The van der Waals surface area contributed by atoms with Crippen LogP contribution in [0.3, 0.4) is 0 Å². The SMILES string of the molecule is CCOCCNc1nc(SCC)nc2c1cnn2CCNC(=O)C(C)(C)C. The summed E-state index contributed by atoms with van der Waals surface area (Å²) in [6.45, 7) is 12.8. The molecular weight excluding hydrogens is 364 g/mol. The summed E-state index contributed by atoms with van der Waals surface area (Å²) in [6.07, 6.45) is 1.77. The lowest BCUT2D eigenvalue weighted by Crippen LogP contribution is -2.36. The lowest BCUT2D eigenvalue weighted by molar-refractivity contribution is -0.128. The normalized spacial score (nSPS) is 11.7. The summed E-state index contributed by atoms with van der Waals surface area (Å²) in [7, 11) is 0. The first-order valence-corrected chi connectivity index (χ1v) is 10.3. The largest absolute Gasteiger partial charge is 0.380 e. The second kappa shape index (κ2) is 9.89. The van der Waals surface area contributed by atoms with Crippen LogP contribution in [0.2, 0.25) is 0 Å². The molecule has 2 heterocycles. The molecule has 0 radical (unpaired) electrons. The Morgan fingerprint density at radius 1 is 1.26 bits per heavy atom. The molecule has 150 valence electrons. The first-order chi connectivity index (χ1) is 12.9. The van der Waals surface area contributed by atoms with Gasteiger partial charge in [0.2, 0.25) is 5.91 Å². The number of thioether (sulfide) groups is 1. The maximum absolute atomic E-state index is 12.0. The fourth-order valence-electron chi connectivity index (χ4n) is 2.35. The number of aromatic nitrogens is 4. The Morgan fingerprint density at radius 2 is 2.04 bits per heavy atom. The highest BCUT2D eigenvalue weighted by molar-refractivity contribution is 7.99. The summed E-state index contributed by atoms with van der Waals surface area (Å²) in [5, 5.41) is 12.3. The van der Waals surface area contributed by atoms with Crippen LogP contribution in [0.15, 0.2) is 11.4 Å². The molecule has 2 rings (SSSR count). The van der Waals surface area contributed by atoms with Crippen molar-refractivity contribution in [3.63, 3.8) is 0 Å². The number of hydrogen-bond donors (Lipinski definition) is 2. The minimum absolute atomic E-state index is 0.0223. The maximum atomic E-state index is 12.0. The van der Waals surface area contributed by atoms with E-state index in [1.807, 2.05) is 32.4 Å². The average molecular weight is 395 g/mol. The van der Waals surface area contributed by atoms with E-state index in [9.17, 15) is 4.79 Å². The monoisotopic (exact) mass is 394 g/mol. The van der Waals surface area contributed by atoms with Crippen molar-refractivity contribution in [1.29, 1.82) is 0 Å². The Labute approximate surface area is 164 Å². The molecule has 0 unspecified atom stereocenters. The van der Waals surface area contributed by atoms with Gasteiger partial charge in [-0.1, -0.05) is 39.5 Å². The smallest absolute Gasteiger partial charge is 0.225 e. The van der Waals surface area contributed by atoms with E-state index in [2.05, 4.69) is 32.6 Å². The van der Waals surface area contributed by atoms with Crippen molar-refractivity contribution in [3.05, 3.63) is 6.20 Å². The minimum atomic E-state index is -0.406. The van der Waals surface area contributed by atoms with Gasteiger partial charge in [-0.15, -0.1) is 0 Å². The molecule has 8 nitrogen and oxygen atoms in total. The highest BCUT2D eigenvalue weighted by Crippen LogP contribution is 2.24. The molecule has 0 atom stereocenters. The van der Waals surface area contributed by atoms with Gasteiger partial charge in [-0.3, -0.25) is 4.79 Å². The standard InChI is InChI=1S/C18H30N6O2S/c1-6-26-11-9-19-14-13-12-21-24(10-8-20-16(25)18(3,4)5)15(13)23-17(22-14)27-7-2/h12H,6-11H2,1-5H3,(H,20,25)(H,19,22,23). The molecule has 1 amide bonds. The zero-order valence-electron chi connectivity index (χ0n) is 16.8. The van der Waals surface area contributed by atoms with Crippen molar-refractivity contribution >= 4 is 34.5 Å². The van der Waals surface area contributed by atoms with E-state index in [0.29, 0.717) is 38.0 Å². The van der Waals surface area contributed by atoms with Crippen molar-refractivity contribution in [2.75, 3.05) is 37.4 Å². The van der Waals surface area contributed by atoms with Crippen LogP contribution in [0, 0.1) is 5.41 Å². The molecule has 0 spiro atoms. The van der Waals surface area contributed by atoms with Gasteiger partial charge in [0, 0.05) is 25.1 Å². The molecule has 0 fully saturated rings. The number of nitrogens with zero attached hydrogens (tertiary/aromatic N) is 4. The topological polar surface area (TPSA) is 94.0 Å². The fraction of sp³-hybridized carbons (Fsp3) is 0.667. The second-order valence-corrected chi connectivity index (χ2v) is 8.25. The number of hydrogen-bond acceptors (Lipinski definition) is 7. The van der Waals surface area contributed by atoms with E-state index in [0.717, 1.165) is 22.6 Å². The van der Waals surface area contributed by atoms with Crippen LogP contribution in [0.1, 0.15) is 34.6 Å². The van der Waals surface area contributed by atoms with Gasteiger partial charge in [0.25, 0.3) is 0 Å². The van der Waals surface area contributed by atoms with E-state index in [1.165, 1.54) is 0 Å². The van der Waals surface area contributed by atoms with Crippen molar-refractivity contribution in [3.8, 4) is 0 Å². The third-order valence-electron chi connectivity index (χ3n) is 3.78. The van der Waals surface area contributed by atoms with Crippen LogP contribution >= 0.6 is 11.8 Å². The van der Waals surface area contributed by atoms with Gasteiger partial charge in [0.15, 0.2) is 10.8 Å². The van der Waals surface area contributed by atoms with Crippen molar-refractivity contribution in [2.24, 2.45) is 5.41 Å². The van der Waals surface area contributed by atoms with Crippen LogP contribution in [0.5, 0.6) is 0 Å². The number of fused-ring (bicyclic) bond motifs is 1. The van der Waals surface area contributed by atoms with Crippen molar-refractivity contribution in [1.82, 2.24) is 25.1 Å². The Bertz CT molecular complexity index is 756. The van der Waals surface area contributed by atoms with E-state index in [-0.39, 0.29) is 5.91 Å². The molecular formula is C18H30N6O2S. The number of amides is 1. The summed E-state index contributed by atoms with van der Waals surface area (Å²) < 4.78 is 7.19. The van der Waals surface area contributed by atoms with Gasteiger partial charge in [-0.2, -0.15) is 5.10 Å². The van der Waals surface area contributed by atoms with E-state index >= 15 is 0 Å². The second-order valence-electron chi connectivity index (χ2n) is 7.02. The molecule has 0 bridgehead atoms. The van der Waals surface area contributed by atoms with Crippen LogP contribution in [0.4, 0.5) is 5.82 Å². The highest BCUT2D eigenvalue weighted by atomic mass is 32.2. The Morgan fingerprint density at radius 3 is 2.70 bits per heavy atom. The van der Waals surface area contributed by atoms with Gasteiger partial charge in [0.1, 0.15) is 5.82 Å². The Kier molecular flexibility index (Phi) is 7.85. The molecule has 2 N–H and O–H groups in total. The third-order valence-corrected chi connectivity index (χ3v) is 4.51. The molecule has 2 aromatic heterocycles. The molecule has 0 aromatic carbocycles. The molecule has 0 saturated carbocycles. The third kappa shape index (κ3) is 6.07. The van der Waals surface area contributed by atoms with Gasteiger partial charge in [0.05, 0.1) is 24.7 Å². The van der Waals surface area contributed by atoms with Gasteiger partial charge in [-0.25, -0.2) is 14.6 Å². The number of nitrogens with one attached hydrogen (secondary N) is 2. The molecule has 0 saturated heterocycles. The predicted octanol–water partition coefficient (Wildman–Crippen LogP) is 2.55. The van der Waals surface area contributed by atoms with Crippen LogP contribution in [0.25, 0.3) is 11.0 Å². The minimum Gasteiger partial charge on any atom is -0.380 e. The molecule has 0 aliphatic heterocycles. The number of carbonyl (C=O) groups is 1. The first-order valence-electron chi connectivity index (χ1n) is 9.33. The van der Waals surface area contributed by atoms with Crippen LogP contribution in [-0.2, 0) is 16.1 Å². The van der Waals surface area contributed by atoms with Gasteiger partial charge >= 0.3 is 0 Å². The predicted molar refractivity (Wildman–Crippen MR) is 109 cm³/mol. The average Bonchev–Trinajstić information content (AvgIpc) is 3.01. The summed E-state index contributed by atoms with van der Waals surface area (Å²) >= 11 is 1.59. The first kappa shape index (κ1) is 21.4. The number of rotatable bonds is 10. The molecule has 0 aliphatic rings. The van der Waals surface area contributed by atoms with Gasteiger partial charge in [-0.05, 0) is 12.7 Å². The zero-order chi connectivity index (χ0) is 19.9. The van der Waals surface area contributed by atoms with E-state index in [4.69, 9.17) is 4.74 Å².